The van der Waals surface area contributed by atoms with E-state index in [0.717, 1.165) is 23.0 Å². The smallest absolute Gasteiger partial charge is 0.267 e. The van der Waals surface area contributed by atoms with Gasteiger partial charge >= 0.3 is 0 Å². The summed E-state index contributed by atoms with van der Waals surface area (Å²) < 4.78 is 0. The number of nitrogens with one attached hydrogen (secondary N) is 2. The second kappa shape index (κ2) is 7.16. The summed E-state index contributed by atoms with van der Waals surface area (Å²) in [5, 5.41) is 15.9. The van der Waals surface area contributed by atoms with Gasteiger partial charge in [0.2, 0.25) is 0 Å². The number of aliphatic imine (C=N–C) groups is 1. The van der Waals surface area contributed by atoms with Crippen molar-refractivity contribution < 1.29 is 4.79 Å². The van der Waals surface area contributed by atoms with Crippen LogP contribution in [0.5, 0.6) is 0 Å². The summed E-state index contributed by atoms with van der Waals surface area (Å²) in [5.41, 5.74) is 1.32. The monoisotopic (exact) mass is 320 g/mol. The second-order valence-corrected chi connectivity index (χ2v) is 5.71. The predicted molar refractivity (Wildman–Crippen MR) is 86.4 cm³/mol. The summed E-state index contributed by atoms with van der Waals surface area (Å²) in [4.78, 5) is 16.3. The highest BCUT2D eigenvalue weighted by atomic mass is 35.5. The molecule has 0 bridgehead atoms. The standard InChI is InChI=1S/C14H13ClN4OS/c1-9-11(15)3-2-4-12(9)19-13(20)10(7-16)8-18-14-17-5-6-21-14/h2-4,8H,5-6H2,1H3,(H,17,18)(H,19,20)/b10-8-. The van der Waals surface area contributed by atoms with E-state index in [4.69, 9.17) is 16.9 Å². The maximum absolute atomic E-state index is 12.1. The third-order valence-corrected chi connectivity index (χ3v) is 4.12. The largest absolute Gasteiger partial charge is 0.340 e. The van der Waals surface area contributed by atoms with Crippen LogP contribution in [0.4, 0.5) is 5.69 Å². The molecule has 21 heavy (non-hydrogen) atoms. The molecule has 1 aromatic carbocycles. The Morgan fingerprint density at radius 1 is 1.57 bits per heavy atom. The summed E-state index contributed by atoms with van der Waals surface area (Å²) in [5.74, 6) is 0.422. The molecule has 0 atom stereocenters. The van der Waals surface area contributed by atoms with E-state index in [1.54, 1.807) is 36.9 Å². The maximum Gasteiger partial charge on any atom is 0.267 e. The van der Waals surface area contributed by atoms with Crippen LogP contribution in [-0.4, -0.2) is 23.4 Å². The molecule has 0 unspecified atom stereocenters. The predicted octanol–water partition coefficient (Wildman–Crippen LogP) is 2.69. The first-order valence-corrected chi connectivity index (χ1v) is 7.58. The molecule has 5 nitrogen and oxygen atoms in total. The molecule has 0 saturated heterocycles. The van der Waals surface area contributed by atoms with E-state index in [1.807, 2.05) is 6.07 Å². The van der Waals surface area contributed by atoms with E-state index in [2.05, 4.69) is 15.6 Å². The Hall–Kier alpha value is -1.97. The van der Waals surface area contributed by atoms with Crippen molar-refractivity contribution in [1.29, 1.82) is 5.26 Å². The molecule has 1 aromatic rings. The Bertz CT molecular complexity index is 663. The van der Waals surface area contributed by atoms with Crippen molar-refractivity contribution in [1.82, 2.24) is 5.32 Å². The van der Waals surface area contributed by atoms with Gasteiger partial charge in [0.05, 0.1) is 6.54 Å². The van der Waals surface area contributed by atoms with Crippen molar-refractivity contribution >= 4 is 40.1 Å². The van der Waals surface area contributed by atoms with Gasteiger partial charge in [0.1, 0.15) is 11.6 Å². The minimum atomic E-state index is -0.487. The minimum Gasteiger partial charge on any atom is -0.340 e. The van der Waals surface area contributed by atoms with Crippen molar-refractivity contribution in [3.8, 4) is 6.07 Å². The first-order chi connectivity index (χ1) is 10.1. The average molecular weight is 321 g/mol. The fourth-order valence-corrected chi connectivity index (χ4v) is 2.51. The van der Waals surface area contributed by atoms with E-state index in [1.165, 1.54) is 6.20 Å². The van der Waals surface area contributed by atoms with Crippen LogP contribution in [0.1, 0.15) is 5.56 Å². The molecular weight excluding hydrogens is 308 g/mol. The van der Waals surface area contributed by atoms with Crippen molar-refractivity contribution in [3.05, 3.63) is 40.6 Å². The van der Waals surface area contributed by atoms with Gasteiger partial charge in [-0.2, -0.15) is 5.26 Å². The number of carbonyl (C=O) groups excluding carboxylic acids is 1. The van der Waals surface area contributed by atoms with Crippen LogP contribution < -0.4 is 10.6 Å². The van der Waals surface area contributed by atoms with Gasteiger partial charge in [-0.3, -0.25) is 9.79 Å². The zero-order chi connectivity index (χ0) is 15.2. The van der Waals surface area contributed by atoms with Crippen LogP contribution in [0, 0.1) is 18.3 Å². The number of thioether (sulfide) groups is 1. The Morgan fingerprint density at radius 2 is 2.38 bits per heavy atom. The number of amidine groups is 1. The maximum atomic E-state index is 12.1. The normalized spacial score (nSPS) is 14.3. The Morgan fingerprint density at radius 3 is 3.05 bits per heavy atom. The molecule has 0 radical (unpaired) electrons. The van der Waals surface area contributed by atoms with E-state index in [-0.39, 0.29) is 5.57 Å². The van der Waals surface area contributed by atoms with Gasteiger partial charge in [0.15, 0.2) is 5.17 Å². The summed E-state index contributed by atoms with van der Waals surface area (Å²) in [7, 11) is 0. The van der Waals surface area contributed by atoms with Crippen LogP contribution >= 0.6 is 23.4 Å². The first-order valence-electron chi connectivity index (χ1n) is 6.22. The van der Waals surface area contributed by atoms with Gasteiger partial charge in [-0.25, -0.2) is 0 Å². The lowest BCUT2D eigenvalue weighted by atomic mass is 10.2. The summed E-state index contributed by atoms with van der Waals surface area (Å²) >= 11 is 7.55. The number of amides is 1. The lowest BCUT2D eigenvalue weighted by molar-refractivity contribution is -0.112. The zero-order valence-electron chi connectivity index (χ0n) is 11.3. The lowest BCUT2D eigenvalue weighted by Crippen LogP contribution is -2.19. The van der Waals surface area contributed by atoms with Crippen molar-refractivity contribution in [2.75, 3.05) is 17.6 Å². The molecule has 0 aromatic heterocycles. The number of benzene rings is 1. The van der Waals surface area contributed by atoms with Crippen molar-refractivity contribution in [2.45, 2.75) is 6.92 Å². The number of hydrogen-bond acceptors (Lipinski definition) is 5. The quantitative estimate of drug-likeness (QED) is 0.663. The zero-order valence-corrected chi connectivity index (χ0v) is 12.9. The second-order valence-electron chi connectivity index (χ2n) is 4.22. The molecule has 7 heteroatoms. The molecule has 108 valence electrons. The highest BCUT2D eigenvalue weighted by Crippen LogP contribution is 2.23. The highest BCUT2D eigenvalue weighted by Gasteiger charge is 2.12. The fourth-order valence-electron chi connectivity index (χ4n) is 1.64. The number of carbonyl (C=O) groups is 1. The van der Waals surface area contributed by atoms with Crippen LogP contribution in [0.25, 0.3) is 0 Å². The Labute approximate surface area is 132 Å². The van der Waals surface area contributed by atoms with Crippen LogP contribution in [0.3, 0.4) is 0 Å². The molecule has 1 aliphatic rings. The lowest BCUT2D eigenvalue weighted by Gasteiger charge is -2.09. The van der Waals surface area contributed by atoms with Gasteiger partial charge in [-0.15, -0.1) is 0 Å². The van der Waals surface area contributed by atoms with Gasteiger partial charge < -0.3 is 10.6 Å². The molecular formula is C14H13ClN4OS. The van der Waals surface area contributed by atoms with Crippen LogP contribution in [-0.2, 0) is 4.79 Å². The first kappa shape index (κ1) is 15.4. The Balaban J connectivity index is 2.08. The summed E-state index contributed by atoms with van der Waals surface area (Å²) in [6, 6.07) is 7.08. The topological polar surface area (TPSA) is 77.3 Å². The van der Waals surface area contributed by atoms with Gasteiger partial charge in [0.25, 0.3) is 5.91 Å². The number of nitriles is 1. The minimum absolute atomic E-state index is 0.0235. The van der Waals surface area contributed by atoms with Gasteiger partial charge in [0, 0.05) is 22.7 Å². The van der Waals surface area contributed by atoms with Crippen molar-refractivity contribution in [3.63, 3.8) is 0 Å². The number of rotatable bonds is 3. The molecule has 0 spiro atoms. The molecule has 2 rings (SSSR count). The number of anilines is 1. The van der Waals surface area contributed by atoms with Crippen molar-refractivity contribution in [2.24, 2.45) is 4.99 Å². The van der Waals surface area contributed by atoms with Gasteiger partial charge in [-0.1, -0.05) is 29.4 Å². The molecule has 1 amide bonds. The average Bonchev–Trinajstić information content (AvgIpc) is 2.98. The van der Waals surface area contributed by atoms with E-state index >= 15 is 0 Å². The SMILES string of the molecule is Cc1c(Cl)cccc1NC(=O)/C(C#N)=C\NC1=NCCS1. The Kier molecular flexibility index (Phi) is 5.26. The summed E-state index contributed by atoms with van der Waals surface area (Å²) in [6.07, 6.45) is 1.37. The van der Waals surface area contributed by atoms with Crippen LogP contribution in [0.15, 0.2) is 35.0 Å². The fraction of sp³-hybridized carbons (Fsp3) is 0.214. The molecule has 2 N–H and O–H groups in total. The van der Waals surface area contributed by atoms with E-state index in [0.29, 0.717) is 10.7 Å². The van der Waals surface area contributed by atoms with E-state index < -0.39 is 5.91 Å². The number of halogens is 1. The van der Waals surface area contributed by atoms with Gasteiger partial charge in [-0.05, 0) is 24.6 Å². The molecule has 0 aliphatic carbocycles. The summed E-state index contributed by atoms with van der Waals surface area (Å²) in [6.45, 7) is 2.55. The van der Waals surface area contributed by atoms with Crippen LogP contribution in [0.2, 0.25) is 5.02 Å². The molecule has 0 saturated carbocycles. The number of nitrogens with zero attached hydrogens (tertiary/aromatic N) is 2. The number of hydrogen-bond donors (Lipinski definition) is 2. The molecule has 1 aliphatic heterocycles. The molecule has 1 heterocycles. The molecule has 0 fully saturated rings. The van der Waals surface area contributed by atoms with E-state index in [9.17, 15) is 4.79 Å². The third kappa shape index (κ3) is 4.00. The third-order valence-electron chi connectivity index (χ3n) is 2.81. The highest BCUT2D eigenvalue weighted by molar-refractivity contribution is 8.14.